The van der Waals surface area contributed by atoms with Crippen molar-refractivity contribution in [2.24, 2.45) is 0 Å². The van der Waals surface area contributed by atoms with Gasteiger partial charge in [-0.15, -0.1) is 0 Å². The maximum atomic E-state index is 12.6. The number of nitrogens with one attached hydrogen (secondary N) is 1. The normalized spacial score (nSPS) is 14.2. The maximum Gasteiger partial charge on any atom is 0.264 e. The third-order valence-corrected chi connectivity index (χ3v) is 6.32. The number of aromatic nitrogens is 2. The highest BCUT2D eigenvalue weighted by atomic mass is 35.5. The van der Waals surface area contributed by atoms with Gasteiger partial charge in [0.15, 0.2) is 0 Å². The van der Waals surface area contributed by atoms with Crippen molar-refractivity contribution in [3.8, 4) is 11.3 Å². The van der Waals surface area contributed by atoms with E-state index in [1.807, 2.05) is 6.07 Å². The predicted molar refractivity (Wildman–Crippen MR) is 115 cm³/mol. The molecule has 10 heteroatoms. The number of likely N-dealkylation sites (tertiary alicyclic amines) is 1. The molecular weight excluding hydrogens is 440 g/mol. The van der Waals surface area contributed by atoms with Crippen LogP contribution < -0.4 is 4.72 Å². The van der Waals surface area contributed by atoms with Gasteiger partial charge in [-0.1, -0.05) is 29.8 Å². The summed E-state index contributed by atoms with van der Waals surface area (Å²) >= 11 is 5.81. The van der Waals surface area contributed by atoms with Crippen molar-refractivity contribution >= 4 is 39.4 Å². The Kier molecular flexibility index (Phi) is 5.71. The van der Waals surface area contributed by atoms with E-state index in [-0.39, 0.29) is 42.0 Å². The Balaban J connectivity index is 1.56. The maximum absolute atomic E-state index is 12.6. The highest BCUT2D eigenvalue weighted by molar-refractivity contribution is 7.92. The lowest BCUT2D eigenvalue weighted by Gasteiger charge is -2.14. The van der Waals surface area contributed by atoms with E-state index in [1.165, 1.54) is 35.4 Å². The number of halogens is 1. The number of anilines is 1. The smallest absolute Gasteiger partial charge is 0.264 e. The fourth-order valence-corrected chi connectivity index (χ4v) is 4.25. The van der Waals surface area contributed by atoms with Crippen molar-refractivity contribution in [3.63, 3.8) is 0 Å². The lowest BCUT2D eigenvalue weighted by molar-refractivity contribution is -0.139. The summed E-state index contributed by atoms with van der Waals surface area (Å²) in [6, 6.07) is 14.6. The molecule has 0 spiro atoms. The number of carbonyl (C=O) groups excluding carboxylic acids is 2. The van der Waals surface area contributed by atoms with Gasteiger partial charge >= 0.3 is 0 Å². The molecule has 3 aromatic rings. The Labute approximate surface area is 184 Å². The van der Waals surface area contributed by atoms with E-state index >= 15 is 0 Å². The molecule has 0 unspecified atom stereocenters. The minimum absolute atomic E-state index is 0.0350. The molecule has 2 aromatic carbocycles. The Morgan fingerprint density at radius 3 is 2.42 bits per heavy atom. The first-order valence-corrected chi connectivity index (χ1v) is 11.2. The van der Waals surface area contributed by atoms with Gasteiger partial charge in [0.05, 0.1) is 17.1 Å². The molecule has 1 aliphatic heterocycles. The van der Waals surface area contributed by atoms with Crippen LogP contribution in [0.5, 0.6) is 0 Å². The molecule has 1 aromatic heterocycles. The van der Waals surface area contributed by atoms with Gasteiger partial charge in [0, 0.05) is 29.6 Å². The Bertz CT molecular complexity index is 1250. The number of nitrogens with zero attached hydrogens (tertiary/aromatic N) is 3. The van der Waals surface area contributed by atoms with E-state index in [4.69, 9.17) is 11.6 Å². The largest absolute Gasteiger partial charge is 0.278 e. The average molecular weight is 457 g/mol. The fraction of sp³-hybridized carbons (Fsp3) is 0.143. The third-order valence-electron chi connectivity index (χ3n) is 4.72. The van der Waals surface area contributed by atoms with E-state index in [0.29, 0.717) is 16.3 Å². The molecule has 0 saturated carbocycles. The standard InChI is InChI=1S/C21H17ClN4O4S/c22-16-4-6-17(7-5-16)31(29,30)25-21-23-11-10-18(24-21)15-3-1-2-14(12-15)13-26-19(27)8-9-20(26)28/h1-7,10-12H,8-9,13H2,(H,23,24,25). The fourth-order valence-electron chi connectivity index (χ4n) is 3.17. The lowest BCUT2D eigenvalue weighted by atomic mass is 10.1. The highest BCUT2D eigenvalue weighted by Crippen LogP contribution is 2.23. The van der Waals surface area contributed by atoms with Gasteiger partial charge in [0.2, 0.25) is 17.8 Å². The summed E-state index contributed by atoms with van der Waals surface area (Å²) in [7, 11) is -3.88. The van der Waals surface area contributed by atoms with Gasteiger partial charge < -0.3 is 0 Å². The first-order chi connectivity index (χ1) is 14.8. The minimum atomic E-state index is -3.88. The minimum Gasteiger partial charge on any atom is -0.278 e. The topological polar surface area (TPSA) is 109 Å². The van der Waals surface area contributed by atoms with E-state index in [1.54, 1.807) is 24.3 Å². The summed E-state index contributed by atoms with van der Waals surface area (Å²) < 4.78 is 27.5. The molecule has 0 atom stereocenters. The number of rotatable bonds is 6. The summed E-state index contributed by atoms with van der Waals surface area (Å²) in [5, 5.41) is 0.425. The second-order valence-electron chi connectivity index (χ2n) is 6.90. The molecule has 31 heavy (non-hydrogen) atoms. The van der Waals surface area contributed by atoms with E-state index in [2.05, 4.69) is 14.7 Å². The summed E-state index contributed by atoms with van der Waals surface area (Å²) in [4.78, 5) is 33.3. The zero-order valence-corrected chi connectivity index (χ0v) is 17.7. The number of sulfonamides is 1. The van der Waals surface area contributed by atoms with E-state index in [9.17, 15) is 18.0 Å². The van der Waals surface area contributed by atoms with Crippen LogP contribution in [0.4, 0.5) is 5.95 Å². The molecule has 2 heterocycles. The first-order valence-electron chi connectivity index (χ1n) is 9.36. The summed E-state index contributed by atoms with van der Waals surface area (Å²) in [6.45, 7) is 0.187. The molecule has 1 N–H and O–H groups in total. The van der Waals surface area contributed by atoms with Gasteiger partial charge in [0.25, 0.3) is 10.0 Å². The molecule has 4 rings (SSSR count). The molecule has 0 aliphatic carbocycles. The van der Waals surface area contributed by atoms with Gasteiger partial charge in [-0.2, -0.15) is 0 Å². The Morgan fingerprint density at radius 1 is 1.00 bits per heavy atom. The highest BCUT2D eigenvalue weighted by Gasteiger charge is 2.28. The van der Waals surface area contributed by atoms with Crippen molar-refractivity contribution in [1.29, 1.82) is 0 Å². The van der Waals surface area contributed by atoms with Gasteiger partial charge in [0.1, 0.15) is 0 Å². The number of carbonyl (C=O) groups is 2. The van der Waals surface area contributed by atoms with Crippen LogP contribution in [0.15, 0.2) is 65.7 Å². The predicted octanol–water partition coefficient (Wildman–Crippen LogP) is 3.25. The molecule has 158 valence electrons. The van der Waals surface area contributed by atoms with Crippen molar-refractivity contribution in [2.75, 3.05) is 4.72 Å². The van der Waals surface area contributed by atoms with E-state index in [0.717, 1.165) is 5.56 Å². The number of imide groups is 1. The quantitative estimate of drug-likeness (QED) is 0.570. The molecule has 1 aliphatic rings. The monoisotopic (exact) mass is 456 g/mol. The molecule has 1 saturated heterocycles. The number of amides is 2. The Morgan fingerprint density at radius 2 is 1.71 bits per heavy atom. The summed E-state index contributed by atoms with van der Waals surface area (Å²) in [5.41, 5.74) is 1.96. The Hall–Kier alpha value is -3.30. The van der Waals surface area contributed by atoms with Crippen molar-refractivity contribution < 1.29 is 18.0 Å². The van der Waals surface area contributed by atoms with Crippen LogP contribution in [0.2, 0.25) is 5.02 Å². The SMILES string of the molecule is O=C1CCC(=O)N1Cc1cccc(-c2ccnc(NS(=O)(=O)c3ccc(Cl)cc3)n2)c1. The molecule has 0 bridgehead atoms. The van der Waals surface area contributed by atoms with Crippen LogP contribution in [0.25, 0.3) is 11.3 Å². The van der Waals surface area contributed by atoms with Gasteiger partial charge in [-0.25, -0.2) is 23.1 Å². The van der Waals surface area contributed by atoms with Gasteiger partial charge in [-0.05, 0) is 42.0 Å². The third kappa shape index (κ3) is 4.73. The second kappa shape index (κ2) is 8.44. The van der Waals surface area contributed by atoms with E-state index < -0.39 is 10.0 Å². The molecule has 2 amide bonds. The molecular formula is C21H17ClN4O4S. The van der Waals surface area contributed by atoms with Crippen molar-refractivity contribution in [2.45, 2.75) is 24.3 Å². The number of benzene rings is 2. The van der Waals surface area contributed by atoms with Crippen LogP contribution in [-0.4, -0.2) is 35.1 Å². The lowest BCUT2D eigenvalue weighted by Crippen LogP contribution is -2.28. The summed E-state index contributed by atoms with van der Waals surface area (Å²) in [5.74, 6) is -0.449. The van der Waals surface area contributed by atoms with Crippen LogP contribution in [0.3, 0.4) is 0 Å². The van der Waals surface area contributed by atoms with Crippen molar-refractivity contribution in [1.82, 2.24) is 14.9 Å². The van der Waals surface area contributed by atoms with Crippen LogP contribution in [0.1, 0.15) is 18.4 Å². The second-order valence-corrected chi connectivity index (χ2v) is 9.02. The van der Waals surface area contributed by atoms with Crippen LogP contribution in [-0.2, 0) is 26.2 Å². The molecule has 8 nitrogen and oxygen atoms in total. The van der Waals surface area contributed by atoms with Crippen LogP contribution >= 0.6 is 11.6 Å². The average Bonchev–Trinajstić information content (AvgIpc) is 3.06. The zero-order chi connectivity index (χ0) is 22.0. The summed E-state index contributed by atoms with van der Waals surface area (Å²) in [6.07, 6.45) is 1.92. The molecule has 1 fully saturated rings. The number of hydrogen-bond acceptors (Lipinski definition) is 6. The van der Waals surface area contributed by atoms with Crippen molar-refractivity contribution in [3.05, 3.63) is 71.4 Å². The molecule has 0 radical (unpaired) electrons. The van der Waals surface area contributed by atoms with Crippen LogP contribution in [0, 0.1) is 0 Å². The number of hydrogen-bond donors (Lipinski definition) is 1. The first kappa shape index (κ1) is 21.0. The van der Waals surface area contributed by atoms with Gasteiger partial charge in [-0.3, -0.25) is 14.5 Å². The zero-order valence-electron chi connectivity index (χ0n) is 16.2.